The van der Waals surface area contributed by atoms with Gasteiger partial charge in [-0.2, -0.15) is 4.57 Å². The molecule has 0 spiro atoms. The number of furan rings is 2. The zero-order chi connectivity index (χ0) is 18.7. The summed E-state index contributed by atoms with van der Waals surface area (Å²) < 4.78 is 19.4. The number of fused-ring (bicyclic) bond motifs is 1. The van der Waals surface area contributed by atoms with Crippen LogP contribution in [0.5, 0.6) is 5.75 Å². The third-order valence-electron chi connectivity index (χ3n) is 6.60. The van der Waals surface area contributed by atoms with Gasteiger partial charge in [0.15, 0.2) is 18.0 Å². The number of hydrogen-bond acceptors (Lipinski definition) is 3. The van der Waals surface area contributed by atoms with Crippen molar-refractivity contribution in [3.8, 4) is 5.75 Å². The minimum absolute atomic E-state index is 0.0973. The predicted octanol–water partition coefficient (Wildman–Crippen LogP) is 4.59. The average molecular weight is 370 g/mol. The van der Waals surface area contributed by atoms with Gasteiger partial charge in [0.25, 0.3) is 0 Å². The number of methoxy groups -OCH3 is 1. The zero-order valence-electron chi connectivity index (χ0n) is 15.5. The smallest absolute Gasteiger partial charge is 0.232 e. The Balaban J connectivity index is 1.74. The first kappa shape index (κ1) is 15.8. The van der Waals surface area contributed by atoms with Crippen molar-refractivity contribution in [3.63, 3.8) is 0 Å². The molecule has 3 aromatic heterocycles. The molecule has 0 unspecified atom stereocenters. The minimum Gasteiger partial charge on any atom is -0.491 e. The largest absolute Gasteiger partial charge is 0.491 e. The molecule has 2 bridgehead atoms. The Labute approximate surface area is 163 Å². The molecule has 0 saturated heterocycles. The average Bonchev–Trinajstić information content (AvgIpc) is 3.48. The summed E-state index contributed by atoms with van der Waals surface area (Å²) in [4.78, 5) is 0. The molecule has 1 aromatic carbocycles. The van der Waals surface area contributed by atoms with E-state index in [1.54, 1.807) is 19.6 Å². The molecule has 2 aliphatic heterocycles. The van der Waals surface area contributed by atoms with Crippen molar-refractivity contribution in [1.29, 1.82) is 0 Å². The van der Waals surface area contributed by atoms with Gasteiger partial charge in [0.05, 0.1) is 43.5 Å². The maximum Gasteiger partial charge on any atom is 0.232 e. The third kappa shape index (κ3) is 1.82. The van der Waals surface area contributed by atoms with Gasteiger partial charge in [-0.3, -0.25) is 0 Å². The summed E-state index contributed by atoms with van der Waals surface area (Å²) in [5, 5.41) is 0. The summed E-state index contributed by atoms with van der Waals surface area (Å²) in [5.74, 6) is 1.02. The van der Waals surface area contributed by atoms with E-state index in [0.717, 1.165) is 12.2 Å². The summed E-state index contributed by atoms with van der Waals surface area (Å²) >= 11 is 0. The SMILES string of the molecule is COc1ccc[n+]2c1[C@@H]1c3ccccc3[C@H]2CC1(c1ccoc1)c1ccoc1. The lowest BCUT2D eigenvalue weighted by Crippen LogP contribution is -2.60. The van der Waals surface area contributed by atoms with E-state index in [1.165, 1.54) is 27.9 Å². The van der Waals surface area contributed by atoms with E-state index in [9.17, 15) is 0 Å². The van der Waals surface area contributed by atoms with Crippen LogP contribution in [-0.2, 0) is 5.41 Å². The fraction of sp³-hybridized carbons (Fsp3) is 0.208. The van der Waals surface area contributed by atoms with Crippen molar-refractivity contribution in [2.45, 2.75) is 23.8 Å². The Hall–Kier alpha value is -3.27. The van der Waals surface area contributed by atoms with Crippen LogP contribution in [-0.4, -0.2) is 7.11 Å². The molecule has 4 nitrogen and oxygen atoms in total. The molecule has 2 atom stereocenters. The Morgan fingerprint density at radius 2 is 1.64 bits per heavy atom. The van der Waals surface area contributed by atoms with Gasteiger partial charge in [-0.05, 0) is 23.8 Å². The first-order valence-corrected chi connectivity index (χ1v) is 9.57. The van der Waals surface area contributed by atoms with Gasteiger partial charge in [-0.25, -0.2) is 0 Å². The summed E-state index contributed by atoms with van der Waals surface area (Å²) in [6, 6.07) is 17.3. The summed E-state index contributed by atoms with van der Waals surface area (Å²) in [5.41, 5.74) is 6.04. The van der Waals surface area contributed by atoms with Crippen LogP contribution in [0.4, 0.5) is 0 Å². The van der Waals surface area contributed by atoms with E-state index in [2.05, 4.69) is 59.3 Å². The number of aromatic nitrogens is 1. The van der Waals surface area contributed by atoms with Crippen LogP contribution >= 0.6 is 0 Å². The quantitative estimate of drug-likeness (QED) is 0.495. The van der Waals surface area contributed by atoms with Crippen molar-refractivity contribution in [2.75, 3.05) is 7.11 Å². The van der Waals surface area contributed by atoms with E-state index in [4.69, 9.17) is 13.6 Å². The molecule has 0 radical (unpaired) electrons. The van der Waals surface area contributed by atoms with Crippen LogP contribution < -0.4 is 9.30 Å². The standard InChI is InChI=1S/C24H20NO3/c1-26-21-7-4-10-25-20-13-24(16-8-11-27-14-16,17-9-12-28-15-17)22(23(21)25)19-6-3-2-5-18(19)20/h2-12,14-15,20,22H,13H2,1H3/q+1/t20-,22+/m1/s1. The molecule has 3 aliphatic rings. The molecular formula is C24H20NO3+. The Morgan fingerprint density at radius 1 is 0.929 bits per heavy atom. The number of benzene rings is 1. The molecule has 28 heavy (non-hydrogen) atoms. The van der Waals surface area contributed by atoms with Crippen LogP contribution in [0.3, 0.4) is 0 Å². The number of nitrogens with zero attached hydrogens (tertiary/aromatic N) is 1. The van der Waals surface area contributed by atoms with Gasteiger partial charge in [0.2, 0.25) is 5.69 Å². The highest BCUT2D eigenvalue weighted by atomic mass is 16.5. The van der Waals surface area contributed by atoms with E-state index >= 15 is 0 Å². The van der Waals surface area contributed by atoms with Crippen molar-refractivity contribution in [1.82, 2.24) is 0 Å². The molecule has 7 rings (SSSR count). The van der Waals surface area contributed by atoms with E-state index in [-0.39, 0.29) is 17.4 Å². The van der Waals surface area contributed by atoms with Crippen LogP contribution in [0.1, 0.15) is 46.3 Å². The number of pyridine rings is 1. The molecule has 138 valence electrons. The topological polar surface area (TPSA) is 39.4 Å². The van der Waals surface area contributed by atoms with Crippen LogP contribution in [0.25, 0.3) is 0 Å². The van der Waals surface area contributed by atoms with Crippen molar-refractivity contribution in [2.24, 2.45) is 0 Å². The Kier molecular flexibility index (Phi) is 3.16. The maximum absolute atomic E-state index is 5.84. The lowest BCUT2D eigenvalue weighted by molar-refractivity contribution is -0.732. The molecule has 0 N–H and O–H groups in total. The normalized spacial score (nSPS) is 21.2. The highest BCUT2D eigenvalue weighted by Crippen LogP contribution is 2.60. The Morgan fingerprint density at radius 3 is 2.29 bits per heavy atom. The first-order chi connectivity index (χ1) is 13.8. The minimum atomic E-state index is -0.270. The second-order valence-corrected chi connectivity index (χ2v) is 7.65. The van der Waals surface area contributed by atoms with E-state index in [0.29, 0.717) is 0 Å². The summed E-state index contributed by atoms with van der Waals surface area (Å²) in [6.07, 6.45) is 10.4. The highest BCUT2D eigenvalue weighted by molar-refractivity contribution is 5.55. The molecule has 4 aromatic rings. The van der Waals surface area contributed by atoms with Crippen LogP contribution in [0.15, 0.2) is 88.6 Å². The van der Waals surface area contributed by atoms with Gasteiger partial charge in [-0.1, -0.05) is 24.3 Å². The summed E-state index contributed by atoms with van der Waals surface area (Å²) in [7, 11) is 1.75. The van der Waals surface area contributed by atoms with Crippen molar-refractivity contribution in [3.05, 3.63) is 108 Å². The molecule has 1 aliphatic carbocycles. The molecular weight excluding hydrogens is 350 g/mol. The monoisotopic (exact) mass is 370 g/mol. The zero-order valence-corrected chi connectivity index (χ0v) is 15.5. The first-order valence-electron chi connectivity index (χ1n) is 9.57. The van der Waals surface area contributed by atoms with E-state index in [1.807, 2.05) is 12.5 Å². The second-order valence-electron chi connectivity index (χ2n) is 7.65. The molecule has 0 saturated carbocycles. The lowest BCUT2D eigenvalue weighted by atomic mass is 9.54. The van der Waals surface area contributed by atoms with Crippen LogP contribution in [0.2, 0.25) is 0 Å². The lowest BCUT2D eigenvalue weighted by Gasteiger charge is -2.48. The predicted molar refractivity (Wildman–Crippen MR) is 102 cm³/mol. The van der Waals surface area contributed by atoms with E-state index < -0.39 is 0 Å². The highest BCUT2D eigenvalue weighted by Gasteiger charge is 2.61. The Bertz CT molecular complexity index is 1110. The van der Waals surface area contributed by atoms with Gasteiger partial charge in [0, 0.05) is 29.2 Å². The van der Waals surface area contributed by atoms with Crippen LogP contribution in [0, 0.1) is 0 Å². The molecule has 0 fully saturated rings. The second kappa shape index (κ2) is 5.61. The van der Waals surface area contributed by atoms with Gasteiger partial charge >= 0.3 is 0 Å². The van der Waals surface area contributed by atoms with Gasteiger partial charge in [0.1, 0.15) is 0 Å². The van der Waals surface area contributed by atoms with Gasteiger partial charge < -0.3 is 13.6 Å². The molecule has 4 heteroatoms. The summed E-state index contributed by atoms with van der Waals surface area (Å²) in [6.45, 7) is 0. The molecule has 5 heterocycles. The number of ether oxygens (including phenoxy) is 1. The molecule has 0 amide bonds. The maximum atomic E-state index is 5.84. The number of hydrogen-bond donors (Lipinski definition) is 0. The third-order valence-corrected chi connectivity index (χ3v) is 6.60. The van der Waals surface area contributed by atoms with Crippen molar-refractivity contribution >= 4 is 0 Å². The van der Waals surface area contributed by atoms with Gasteiger partial charge in [-0.15, -0.1) is 0 Å². The number of rotatable bonds is 3. The fourth-order valence-corrected chi connectivity index (χ4v) is 5.53. The fourth-order valence-electron chi connectivity index (χ4n) is 5.53. The van der Waals surface area contributed by atoms with Crippen molar-refractivity contribution < 1.29 is 18.1 Å².